The molecule has 0 spiro atoms. The largest absolute Gasteiger partial charge is 0.269 e. The molecule has 0 bridgehead atoms. The third kappa shape index (κ3) is 1.28. The minimum absolute atomic E-state index is 0.845. The zero-order valence-electron chi connectivity index (χ0n) is 4.18. The van der Waals surface area contributed by atoms with Crippen molar-refractivity contribution in [3.05, 3.63) is 18.2 Å². The van der Waals surface area contributed by atoms with E-state index in [0.717, 1.165) is 10.6 Å². The van der Waals surface area contributed by atoms with Crippen LogP contribution >= 0.6 is 0 Å². The van der Waals surface area contributed by atoms with Crippen LogP contribution in [0.2, 0.25) is 0 Å². The minimum Gasteiger partial charge on any atom is -0.269 e. The lowest BCUT2D eigenvalue weighted by molar-refractivity contribution is 1.46. The van der Waals surface area contributed by atoms with Gasteiger partial charge in [0.25, 0.3) is 0 Å². The summed E-state index contributed by atoms with van der Waals surface area (Å²) >= 11 is 0. The van der Waals surface area contributed by atoms with E-state index < -0.39 is 0 Å². The number of hydrogen-bond acceptors (Lipinski definition) is 1. The van der Waals surface area contributed by atoms with Gasteiger partial charge in [0.15, 0.2) is 0 Å². The Hall–Kier alpha value is -0.416. The molecule has 0 amide bonds. The molecule has 3 heteroatoms. The number of aromatic nitrogens is 1. The zero-order valence-corrected chi connectivity index (χ0v) is 6.18. The molecule has 0 saturated carbocycles. The molecule has 6 radical (unpaired) electrons. The van der Waals surface area contributed by atoms with Crippen molar-refractivity contribution in [1.82, 2.24) is 4.98 Å². The van der Waals surface area contributed by atoms with E-state index in [4.69, 9.17) is 0 Å². The lowest BCUT2D eigenvalue weighted by atomic mass is 10.5. The van der Waals surface area contributed by atoms with Crippen molar-refractivity contribution in [2.75, 3.05) is 0 Å². The van der Waals surface area contributed by atoms with E-state index in [1.807, 2.05) is 18.2 Å². The Bertz CT molecular complexity index is 170. The van der Waals surface area contributed by atoms with E-state index in [9.17, 15) is 0 Å². The molecule has 0 aliphatic carbocycles. The van der Waals surface area contributed by atoms with Crippen molar-refractivity contribution in [2.45, 2.75) is 0 Å². The molecule has 0 saturated heterocycles. The molecular formula is C5H3NSi2. The summed E-state index contributed by atoms with van der Waals surface area (Å²) in [6.07, 6.45) is 0. The maximum absolute atomic E-state index is 4.00. The lowest BCUT2D eigenvalue weighted by Gasteiger charge is -1.90. The van der Waals surface area contributed by atoms with E-state index >= 15 is 0 Å². The van der Waals surface area contributed by atoms with Crippen molar-refractivity contribution in [2.24, 2.45) is 0 Å². The van der Waals surface area contributed by atoms with E-state index in [0.29, 0.717) is 0 Å². The first-order valence-electron chi connectivity index (χ1n) is 2.19. The van der Waals surface area contributed by atoms with Crippen LogP contribution in [0.15, 0.2) is 18.2 Å². The second-order valence-electron chi connectivity index (χ2n) is 1.41. The molecule has 0 N–H and O–H groups in total. The van der Waals surface area contributed by atoms with E-state index in [1.165, 1.54) is 0 Å². The fourth-order valence-corrected chi connectivity index (χ4v) is 0.980. The summed E-state index contributed by atoms with van der Waals surface area (Å²) in [6, 6.07) is 5.67. The van der Waals surface area contributed by atoms with Crippen LogP contribution < -0.4 is 10.6 Å². The molecule has 8 heavy (non-hydrogen) atoms. The number of pyridine rings is 1. The van der Waals surface area contributed by atoms with Gasteiger partial charge in [-0.2, -0.15) is 0 Å². The van der Waals surface area contributed by atoms with Crippen molar-refractivity contribution < 1.29 is 0 Å². The second-order valence-corrected chi connectivity index (χ2v) is 2.43. The highest BCUT2D eigenvalue weighted by atomic mass is 28.1. The SMILES string of the molecule is [Si]c1cccc([Si])n1. The Morgan fingerprint density at radius 1 is 1.12 bits per heavy atom. The van der Waals surface area contributed by atoms with Gasteiger partial charge in [-0.3, -0.25) is 4.98 Å². The summed E-state index contributed by atoms with van der Waals surface area (Å²) in [5.41, 5.74) is 0. The molecule has 0 unspecified atom stereocenters. The maximum atomic E-state index is 4.00. The quantitative estimate of drug-likeness (QED) is 0.400. The van der Waals surface area contributed by atoms with Crippen molar-refractivity contribution in [3.8, 4) is 0 Å². The van der Waals surface area contributed by atoms with E-state index in [1.54, 1.807) is 0 Å². The average Bonchev–Trinajstić information content (AvgIpc) is 1.64. The first-order valence-corrected chi connectivity index (χ1v) is 3.19. The number of hydrogen-bond donors (Lipinski definition) is 0. The van der Waals surface area contributed by atoms with E-state index in [2.05, 4.69) is 25.5 Å². The first kappa shape index (κ1) is 5.72. The molecule has 0 aromatic carbocycles. The maximum Gasteiger partial charge on any atom is 0.0994 e. The summed E-state index contributed by atoms with van der Waals surface area (Å²) < 4.78 is 0. The minimum atomic E-state index is 0.845. The Labute approximate surface area is 55.0 Å². The van der Waals surface area contributed by atoms with Gasteiger partial charge >= 0.3 is 0 Å². The lowest BCUT2D eigenvalue weighted by Crippen LogP contribution is -2.19. The number of rotatable bonds is 0. The molecule has 1 aromatic heterocycles. The van der Waals surface area contributed by atoms with E-state index in [-0.39, 0.29) is 0 Å². The van der Waals surface area contributed by atoms with Crippen molar-refractivity contribution in [1.29, 1.82) is 0 Å². The summed E-state index contributed by atoms with van der Waals surface area (Å²) in [6.45, 7) is 0. The van der Waals surface area contributed by atoms with Crippen LogP contribution in [0.5, 0.6) is 0 Å². The van der Waals surface area contributed by atoms with Crippen LogP contribution in [0.1, 0.15) is 0 Å². The van der Waals surface area contributed by atoms with Gasteiger partial charge in [0.2, 0.25) is 0 Å². The Morgan fingerprint density at radius 3 is 1.88 bits per heavy atom. The van der Waals surface area contributed by atoms with Gasteiger partial charge in [-0.1, -0.05) is 6.07 Å². The Kier molecular flexibility index (Phi) is 1.60. The van der Waals surface area contributed by atoms with Gasteiger partial charge in [-0.05, 0) is 12.1 Å². The first-order chi connectivity index (χ1) is 3.79. The van der Waals surface area contributed by atoms with Crippen LogP contribution in [0.25, 0.3) is 0 Å². The van der Waals surface area contributed by atoms with Crippen molar-refractivity contribution >= 4 is 31.1 Å². The molecule has 1 rings (SSSR count). The molecular weight excluding hydrogens is 130 g/mol. The van der Waals surface area contributed by atoms with Gasteiger partial charge in [-0.25, -0.2) is 0 Å². The number of nitrogens with zero attached hydrogens (tertiary/aromatic N) is 1. The normalized spacial score (nSPS) is 9.25. The third-order valence-electron chi connectivity index (χ3n) is 0.749. The van der Waals surface area contributed by atoms with Crippen LogP contribution in [0.3, 0.4) is 0 Å². The molecule has 1 aromatic rings. The molecule has 0 aliphatic heterocycles. The fraction of sp³-hybridized carbons (Fsp3) is 0. The van der Waals surface area contributed by atoms with Gasteiger partial charge in [-0.15, -0.1) is 0 Å². The third-order valence-corrected chi connectivity index (χ3v) is 1.31. The summed E-state index contributed by atoms with van der Waals surface area (Å²) in [5.74, 6) is 0. The summed E-state index contributed by atoms with van der Waals surface area (Å²) in [7, 11) is 6.53. The smallest absolute Gasteiger partial charge is 0.0994 e. The molecule has 1 nitrogen and oxygen atoms in total. The van der Waals surface area contributed by atoms with Gasteiger partial charge in [0.1, 0.15) is 0 Å². The molecule has 1 heterocycles. The van der Waals surface area contributed by atoms with Crippen LogP contribution in [0, 0.1) is 0 Å². The highest BCUT2D eigenvalue weighted by molar-refractivity contribution is 6.34. The predicted octanol–water partition coefficient (Wildman–Crippen LogP) is -1.33. The monoisotopic (exact) mass is 133 g/mol. The average molecular weight is 133 g/mol. The summed E-state index contributed by atoms with van der Waals surface area (Å²) in [5, 5.41) is 1.69. The van der Waals surface area contributed by atoms with Gasteiger partial charge in [0.05, 0.1) is 20.5 Å². The van der Waals surface area contributed by atoms with Crippen LogP contribution in [-0.4, -0.2) is 25.5 Å². The second kappa shape index (κ2) is 2.23. The van der Waals surface area contributed by atoms with Gasteiger partial charge in [0, 0.05) is 10.6 Å². The Balaban J connectivity index is 3.08. The Morgan fingerprint density at radius 2 is 1.62 bits per heavy atom. The predicted molar refractivity (Wildman–Crippen MR) is 35.0 cm³/mol. The van der Waals surface area contributed by atoms with Crippen LogP contribution in [-0.2, 0) is 0 Å². The molecule has 0 fully saturated rings. The molecule has 36 valence electrons. The standard InChI is InChI=1S/C5H3NSi2/c7-4-2-1-3-5(8)6-4/h1-3H. The highest BCUT2D eigenvalue weighted by Gasteiger charge is 1.82. The highest BCUT2D eigenvalue weighted by Crippen LogP contribution is 1.67. The summed E-state index contributed by atoms with van der Waals surface area (Å²) in [4.78, 5) is 4.00. The fourth-order valence-electron chi connectivity index (χ4n) is 0.435. The molecule has 0 atom stereocenters. The molecule has 0 aliphatic rings. The topological polar surface area (TPSA) is 12.9 Å². The van der Waals surface area contributed by atoms with Crippen LogP contribution in [0.4, 0.5) is 0 Å². The van der Waals surface area contributed by atoms with Crippen molar-refractivity contribution in [3.63, 3.8) is 0 Å². The zero-order chi connectivity index (χ0) is 5.98. The van der Waals surface area contributed by atoms with Gasteiger partial charge < -0.3 is 0 Å².